The Morgan fingerprint density at radius 3 is 2.31 bits per heavy atom. The van der Waals surface area contributed by atoms with Gasteiger partial charge in [-0.3, -0.25) is 0 Å². The highest BCUT2D eigenvalue weighted by Crippen LogP contribution is 2.35. The highest BCUT2D eigenvalue weighted by molar-refractivity contribution is 5.82. The van der Waals surface area contributed by atoms with Gasteiger partial charge in [-0.05, 0) is 37.6 Å². The molecule has 0 spiro atoms. The molecular weight excluding hydrogens is 323 g/mol. The van der Waals surface area contributed by atoms with E-state index in [1.54, 1.807) is 12.1 Å². The molecule has 0 aliphatic rings. The Hall–Kier alpha value is -3.20. The maximum absolute atomic E-state index is 14.3. The summed E-state index contributed by atoms with van der Waals surface area (Å²) in [5.74, 6) is 0.256. The van der Waals surface area contributed by atoms with Gasteiger partial charge in [-0.2, -0.15) is 0 Å². The van der Waals surface area contributed by atoms with Crippen LogP contribution in [0.4, 0.5) is 4.39 Å². The summed E-state index contributed by atoms with van der Waals surface area (Å²) in [6.45, 7) is 4.15. The first-order chi connectivity index (χ1) is 12.6. The van der Waals surface area contributed by atoms with Crippen molar-refractivity contribution in [3.8, 4) is 33.9 Å². The predicted molar refractivity (Wildman–Crippen MR) is 104 cm³/mol. The van der Waals surface area contributed by atoms with Crippen LogP contribution in [0.1, 0.15) is 11.1 Å². The molecule has 26 heavy (non-hydrogen) atoms. The number of rotatable bonds is 3. The van der Waals surface area contributed by atoms with Crippen molar-refractivity contribution in [3.63, 3.8) is 0 Å². The van der Waals surface area contributed by atoms with Crippen molar-refractivity contribution in [1.29, 1.82) is 0 Å². The number of H-pyrrole nitrogens is 1. The van der Waals surface area contributed by atoms with Crippen LogP contribution in [0, 0.1) is 19.7 Å². The van der Waals surface area contributed by atoms with Gasteiger partial charge in [0.05, 0.1) is 17.0 Å². The molecule has 0 radical (unpaired) electrons. The molecule has 0 saturated carbocycles. The summed E-state index contributed by atoms with van der Waals surface area (Å²) in [6.07, 6.45) is 0. The minimum Gasteiger partial charge on any atom is -0.337 e. The standard InChI is InChI=1S/C23H19FN2/c1-15-12-13-16(2)19(14-15)22-21(17-8-4-3-5-9-17)25-23(26-22)18-10-6-7-11-20(18)24/h3-14H,1-2H3,(H,25,26). The molecule has 1 aromatic heterocycles. The van der Waals surface area contributed by atoms with Gasteiger partial charge in [-0.15, -0.1) is 0 Å². The van der Waals surface area contributed by atoms with Gasteiger partial charge in [-0.25, -0.2) is 9.37 Å². The lowest BCUT2D eigenvalue weighted by molar-refractivity contribution is 0.630. The van der Waals surface area contributed by atoms with E-state index in [-0.39, 0.29) is 5.82 Å². The average Bonchev–Trinajstić information content (AvgIpc) is 3.10. The van der Waals surface area contributed by atoms with Gasteiger partial charge in [0.1, 0.15) is 11.6 Å². The Balaban J connectivity index is 1.98. The van der Waals surface area contributed by atoms with Crippen LogP contribution in [-0.2, 0) is 0 Å². The molecular formula is C23H19FN2. The summed E-state index contributed by atoms with van der Waals surface area (Å²) < 4.78 is 14.3. The highest BCUT2D eigenvalue weighted by Gasteiger charge is 2.18. The third-order valence-electron chi connectivity index (χ3n) is 4.54. The second kappa shape index (κ2) is 6.60. The molecule has 0 unspecified atom stereocenters. The van der Waals surface area contributed by atoms with E-state index < -0.39 is 0 Å². The van der Waals surface area contributed by atoms with E-state index in [9.17, 15) is 4.39 Å². The Morgan fingerprint density at radius 2 is 1.54 bits per heavy atom. The van der Waals surface area contributed by atoms with Gasteiger partial charge in [0.2, 0.25) is 0 Å². The second-order valence-corrected chi connectivity index (χ2v) is 6.47. The Bertz CT molecular complexity index is 1060. The average molecular weight is 342 g/mol. The lowest BCUT2D eigenvalue weighted by Gasteiger charge is -2.08. The molecule has 3 heteroatoms. The maximum atomic E-state index is 14.3. The van der Waals surface area contributed by atoms with Crippen LogP contribution < -0.4 is 0 Å². The lowest BCUT2D eigenvalue weighted by atomic mass is 9.99. The zero-order valence-corrected chi connectivity index (χ0v) is 14.8. The normalized spacial score (nSPS) is 10.9. The van der Waals surface area contributed by atoms with E-state index >= 15 is 0 Å². The third-order valence-corrected chi connectivity index (χ3v) is 4.54. The molecule has 0 fully saturated rings. The van der Waals surface area contributed by atoms with Gasteiger partial charge < -0.3 is 4.98 Å². The van der Waals surface area contributed by atoms with Crippen molar-refractivity contribution in [1.82, 2.24) is 9.97 Å². The molecule has 0 bridgehead atoms. The molecule has 3 aromatic carbocycles. The van der Waals surface area contributed by atoms with Crippen molar-refractivity contribution in [3.05, 3.63) is 89.7 Å². The van der Waals surface area contributed by atoms with Crippen LogP contribution >= 0.6 is 0 Å². The predicted octanol–water partition coefficient (Wildman–Crippen LogP) is 6.17. The van der Waals surface area contributed by atoms with Crippen LogP contribution in [0.15, 0.2) is 72.8 Å². The fourth-order valence-electron chi connectivity index (χ4n) is 3.16. The van der Waals surface area contributed by atoms with E-state index in [0.29, 0.717) is 11.4 Å². The summed E-state index contributed by atoms with van der Waals surface area (Å²) >= 11 is 0. The van der Waals surface area contributed by atoms with E-state index in [1.165, 1.54) is 11.6 Å². The van der Waals surface area contributed by atoms with E-state index in [1.807, 2.05) is 36.4 Å². The molecule has 0 aliphatic carbocycles. The number of nitrogens with one attached hydrogen (secondary N) is 1. The molecule has 0 saturated heterocycles. The van der Waals surface area contributed by atoms with Crippen LogP contribution in [0.2, 0.25) is 0 Å². The number of aromatic amines is 1. The third kappa shape index (κ3) is 2.92. The van der Waals surface area contributed by atoms with E-state index in [0.717, 1.165) is 28.1 Å². The van der Waals surface area contributed by atoms with Crippen molar-refractivity contribution in [2.24, 2.45) is 0 Å². The number of benzene rings is 3. The number of hydrogen-bond donors (Lipinski definition) is 1. The SMILES string of the molecule is Cc1ccc(C)c(-c2[nH]c(-c3ccccc3F)nc2-c2ccccc2)c1. The second-order valence-electron chi connectivity index (χ2n) is 6.47. The first-order valence-electron chi connectivity index (χ1n) is 8.61. The fourth-order valence-corrected chi connectivity index (χ4v) is 3.16. The number of hydrogen-bond acceptors (Lipinski definition) is 1. The van der Waals surface area contributed by atoms with Crippen LogP contribution in [0.25, 0.3) is 33.9 Å². The minimum atomic E-state index is -0.284. The Labute approximate surface area is 152 Å². The smallest absolute Gasteiger partial charge is 0.141 e. The number of aromatic nitrogens is 2. The van der Waals surface area contributed by atoms with Crippen LogP contribution in [0.5, 0.6) is 0 Å². The quantitative estimate of drug-likeness (QED) is 0.474. The number of aryl methyl sites for hydroxylation is 2. The topological polar surface area (TPSA) is 28.7 Å². The largest absolute Gasteiger partial charge is 0.337 e. The van der Waals surface area contributed by atoms with Crippen molar-refractivity contribution in [2.45, 2.75) is 13.8 Å². The molecule has 128 valence electrons. The van der Waals surface area contributed by atoms with Crippen molar-refractivity contribution < 1.29 is 4.39 Å². The summed E-state index contributed by atoms with van der Waals surface area (Å²) in [6, 6.07) is 23.0. The van der Waals surface area contributed by atoms with Gasteiger partial charge in [-0.1, -0.05) is 60.2 Å². The van der Waals surface area contributed by atoms with Gasteiger partial charge >= 0.3 is 0 Å². The summed E-state index contributed by atoms with van der Waals surface area (Å²) in [5, 5.41) is 0. The minimum absolute atomic E-state index is 0.284. The first-order valence-corrected chi connectivity index (χ1v) is 8.61. The monoisotopic (exact) mass is 342 g/mol. The number of imidazole rings is 1. The van der Waals surface area contributed by atoms with Gasteiger partial charge in [0, 0.05) is 11.1 Å². The van der Waals surface area contributed by atoms with Gasteiger partial charge in [0.25, 0.3) is 0 Å². The molecule has 0 aliphatic heterocycles. The zero-order valence-electron chi connectivity index (χ0n) is 14.8. The van der Waals surface area contributed by atoms with Crippen molar-refractivity contribution >= 4 is 0 Å². The molecule has 1 N–H and O–H groups in total. The van der Waals surface area contributed by atoms with Crippen LogP contribution in [0.3, 0.4) is 0 Å². The summed E-state index contributed by atoms with van der Waals surface area (Å²) in [4.78, 5) is 8.13. The lowest BCUT2D eigenvalue weighted by Crippen LogP contribution is -1.88. The van der Waals surface area contributed by atoms with Crippen LogP contribution in [-0.4, -0.2) is 9.97 Å². The molecule has 0 atom stereocenters. The maximum Gasteiger partial charge on any atom is 0.141 e. The molecule has 1 heterocycles. The van der Waals surface area contributed by atoms with E-state index in [2.05, 4.69) is 37.0 Å². The van der Waals surface area contributed by atoms with Gasteiger partial charge in [0.15, 0.2) is 0 Å². The number of nitrogens with zero attached hydrogens (tertiary/aromatic N) is 1. The highest BCUT2D eigenvalue weighted by atomic mass is 19.1. The van der Waals surface area contributed by atoms with E-state index in [4.69, 9.17) is 4.98 Å². The molecule has 2 nitrogen and oxygen atoms in total. The first kappa shape index (κ1) is 16.3. The summed E-state index contributed by atoms with van der Waals surface area (Å²) in [7, 11) is 0. The fraction of sp³-hybridized carbons (Fsp3) is 0.0870. The Kier molecular flexibility index (Phi) is 4.13. The summed E-state index contributed by atoms with van der Waals surface area (Å²) in [5.41, 5.74) is 6.62. The molecule has 4 aromatic rings. The van der Waals surface area contributed by atoms with Crippen molar-refractivity contribution in [2.75, 3.05) is 0 Å². The zero-order chi connectivity index (χ0) is 18.1. The Morgan fingerprint density at radius 1 is 0.808 bits per heavy atom. The molecule has 0 amide bonds. The number of halogens is 1. The molecule has 4 rings (SSSR count).